The molecule has 0 aromatic heterocycles. The molecule has 0 fully saturated rings. The minimum atomic E-state index is -7.80. The predicted molar refractivity (Wildman–Crippen MR) is 48.8 cm³/mol. The molecule has 1 radical (unpaired) electrons. The SMILES string of the molecule is FC(F)(F)C(F)(F)C(F)(F)C(F)(F)C(F)(F)C(F)(F)CC[SiH2]. The highest BCUT2D eigenvalue weighted by molar-refractivity contribution is 6.08. The van der Waals surface area contributed by atoms with Crippen LogP contribution >= 0.6 is 0 Å². The third-order valence-corrected chi connectivity index (χ3v) is 2.84. The van der Waals surface area contributed by atoms with Crippen LogP contribution in [0.1, 0.15) is 6.42 Å². The molecule has 0 amide bonds. The first-order valence-electron chi connectivity index (χ1n) is 5.06. The molecule has 14 heteroatoms. The average Bonchev–Trinajstić information content (AvgIpc) is 2.26. The normalized spacial score (nSPS) is 16.1. The van der Waals surface area contributed by atoms with Gasteiger partial charge < -0.3 is 0 Å². The summed E-state index contributed by atoms with van der Waals surface area (Å²) >= 11 is 0. The Balaban J connectivity index is 6.11. The van der Waals surface area contributed by atoms with Crippen molar-refractivity contribution in [2.24, 2.45) is 0 Å². The van der Waals surface area contributed by atoms with Crippen molar-refractivity contribution in [3.05, 3.63) is 0 Å². The largest absolute Gasteiger partial charge is 0.460 e. The van der Waals surface area contributed by atoms with Crippen molar-refractivity contribution in [1.29, 1.82) is 0 Å². The van der Waals surface area contributed by atoms with Crippen LogP contribution < -0.4 is 0 Å². The molecule has 0 aliphatic heterocycles. The van der Waals surface area contributed by atoms with Crippen LogP contribution in [0.2, 0.25) is 6.04 Å². The van der Waals surface area contributed by atoms with Crippen molar-refractivity contribution in [2.45, 2.75) is 48.3 Å². The molecule has 0 aromatic carbocycles. The Kier molecular flexibility index (Phi) is 5.27. The van der Waals surface area contributed by atoms with E-state index in [1.165, 1.54) is 0 Å². The molecule has 0 saturated heterocycles. The summed E-state index contributed by atoms with van der Waals surface area (Å²) in [6, 6.07) is -0.931. The van der Waals surface area contributed by atoms with Crippen molar-refractivity contribution in [3.63, 3.8) is 0 Å². The number of hydrogen-bond acceptors (Lipinski definition) is 0. The van der Waals surface area contributed by atoms with Gasteiger partial charge in [0.15, 0.2) is 0 Å². The maximum absolute atomic E-state index is 12.9. The minimum absolute atomic E-state index is 0.540. The zero-order chi connectivity index (χ0) is 18.4. The van der Waals surface area contributed by atoms with Crippen molar-refractivity contribution in [2.75, 3.05) is 0 Å². The average molecular weight is 377 g/mol. The van der Waals surface area contributed by atoms with Gasteiger partial charge in [-0.05, 0) is 0 Å². The first-order valence-corrected chi connectivity index (χ1v) is 6.06. The smallest absolute Gasteiger partial charge is 0.200 e. The number of rotatable bonds is 6. The summed E-state index contributed by atoms with van der Waals surface area (Å²) < 4.78 is 162. The van der Waals surface area contributed by atoms with E-state index in [0.29, 0.717) is 10.2 Å². The maximum Gasteiger partial charge on any atom is 0.460 e. The molecule has 0 heterocycles. The van der Waals surface area contributed by atoms with E-state index in [1.54, 1.807) is 0 Å². The quantitative estimate of drug-likeness (QED) is 0.482. The van der Waals surface area contributed by atoms with Gasteiger partial charge in [-0.2, -0.15) is 57.1 Å². The van der Waals surface area contributed by atoms with Crippen LogP contribution in [-0.2, 0) is 0 Å². The highest BCUT2D eigenvalue weighted by Gasteiger charge is 2.90. The second kappa shape index (κ2) is 5.44. The highest BCUT2D eigenvalue weighted by Crippen LogP contribution is 2.60. The number of alkyl halides is 13. The lowest BCUT2D eigenvalue weighted by Crippen LogP contribution is -2.70. The summed E-state index contributed by atoms with van der Waals surface area (Å²) in [7, 11) is 0.540. The summed E-state index contributed by atoms with van der Waals surface area (Å²) in [5.41, 5.74) is 0. The third-order valence-electron chi connectivity index (χ3n) is 2.49. The van der Waals surface area contributed by atoms with Gasteiger partial charge in [-0.25, -0.2) is 0 Å². The molecule has 0 nitrogen and oxygen atoms in total. The van der Waals surface area contributed by atoms with Gasteiger partial charge >= 0.3 is 35.8 Å². The zero-order valence-corrected chi connectivity index (χ0v) is 11.4. The van der Waals surface area contributed by atoms with Crippen molar-refractivity contribution in [3.8, 4) is 0 Å². The molecule has 0 spiro atoms. The molecular weight excluding hydrogens is 371 g/mol. The lowest BCUT2D eigenvalue weighted by atomic mass is 9.93. The van der Waals surface area contributed by atoms with Crippen molar-refractivity contribution < 1.29 is 57.1 Å². The van der Waals surface area contributed by atoms with Gasteiger partial charge in [-0.3, -0.25) is 0 Å². The Morgan fingerprint density at radius 1 is 0.500 bits per heavy atom. The molecule has 0 saturated carbocycles. The highest BCUT2D eigenvalue weighted by atomic mass is 28.1. The molecule has 22 heavy (non-hydrogen) atoms. The minimum Gasteiger partial charge on any atom is -0.200 e. The van der Waals surface area contributed by atoms with E-state index in [-0.39, 0.29) is 0 Å². The molecular formula is C8H6F13Si. The van der Waals surface area contributed by atoms with Gasteiger partial charge in [-0.15, -0.1) is 0 Å². The summed E-state index contributed by atoms with van der Waals surface area (Å²) in [6.07, 6.45) is -9.49. The molecule has 0 aromatic rings. The molecule has 0 N–H and O–H groups in total. The van der Waals surface area contributed by atoms with Crippen molar-refractivity contribution in [1.82, 2.24) is 0 Å². The van der Waals surface area contributed by atoms with Crippen LogP contribution in [-0.4, -0.2) is 46.0 Å². The van der Waals surface area contributed by atoms with E-state index < -0.39 is 48.3 Å². The standard InChI is InChI=1S/C8H6F13Si/c9-3(10,1-2-22)4(11,12)5(13,14)6(15,16)7(17,18)8(19,20)21/h1-2,22H2. The lowest BCUT2D eigenvalue weighted by Gasteiger charge is -2.39. The Bertz CT molecular complexity index is 395. The summed E-state index contributed by atoms with van der Waals surface area (Å²) in [5.74, 6) is -36.2. The van der Waals surface area contributed by atoms with Crippen LogP contribution in [0.3, 0.4) is 0 Å². The van der Waals surface area contributed by atoms with Crippen LogP contribution in [0, 0.1) is 0 Å². The Labute approximate surface area is 117 Å². The molecule has 0 atom stereocenters. The van der Waals surface area contributed by atoms with Crippen LogP contribution in [0.4, 0.5) is 57.1 Å². The molecule has 0 rings (SSSR count). The third kappa shape index (κ3) is 2.77. The molecule has 0 unspecified atom stereocenters. The maximum atomic E-state index is 12.9. The fourth-order valence-electron chi connectivity index (χ4n) is 1.18. The first kappa shape index (κ1) is 21.3. The van der Waals surface area contributed by atoms with Gasteiger partial charge in [0, 0.05) is 16.7 Å². The van der Waals surface area contributed by atoms with Crippen molar-refractivity contribution >= 4 is 10.2 Å². The summed E-state index contributed by atoms with van der Waals surface area (Å²) in [6.45, 7) is 0. The second-order valence-electron chi connectivity index (χ2n) is 4.10. The van der Waals surface area contributed by atoms with Gasteiger partial charge in [0.2, 0.25) is 0 Å². The predicted octanol–water partition coefficient (Wildman–Crippen LogP) is 4.17. The topological polar surface area (TPSA) is 0 Å². The Hall–Kier alpha value is -0.693. The first-order chi connectivity index (χ1) is 9.31. The Morgan fingerprint density at radius 2 is 0.818 bits per heavy atom. The monoisotopic (exact) mass is 377 g/mol. The fraction of sp³-hybridized carbons (Fsp3) is 1.00. The van der Waals surface area contributed by atoms with E-state index in [2.05, 4.69) is 0 Å². The summed E-state index contributed by atoms with van der Waals surface area (Å²) in [4.78, 5) is 0. The van der Waals surface area contributed by atoms with E-state index in [0.717, 1.165) is 0 Å². The van der Waals surface area contributed by atoms with E-state index in [4.69, 9.17) is 0 Å². The van der Waals surface area contributed by atoms with Gasteiger partial charge in [0.1, 0.15) is 0 Å². The fourth-order valence-corrected chi connectivity index (χ4v) is 1.63. The van der Waals surface area contributed by atoms with E-state index in [9.17, 15) is 57.1 Å². The molecule has 133 valence electrons. The van der Waals surface area contributed by atoms with Crippen LogP contribution in [0.25, 0.3) is 0 Å². The number of halogens is 13. The molecule has 0 aliphatic carbocycles. The Morgan fingerprint density at radius 3 is 1.09 bits per heavy atom. The molecule has 0 aliphatic rings. The second-order valence-corrected chi connectivity index (χ2v) is 4.81. The van der Waals surface area contributed by atoms with E-state index >= 15 is 0 Å². The molecule has 0 bridgehead atoms. The van der Waals surface area contributed by atoms with Crippen LogP contribution in [0.15, 0.2) is 0 Å². The summed E-state index contributed by atoms with van der Waals surface area (Å²) in [5, 5.41) is 0. The van der Waals surface area contributed by atoms with Gasteiger partial charge in [0.25, 0.3) is 0 Å². The van der Waals surface area contributed by atoms with E-state index in [1.807, 2.05) is 0 Å². The van der Waals surface area contributed by atoms with Gasteiger partial charge in [-0.1, -0.05) is 6.04 Å². The van der Waals surface area contributed by atoms with Crippen LogP contribution in [0.5, 0.6) is 0 Å². The van der Waals surface area contributed by atoms with Gasteiger partial charge in [0.05, 0.1) is 0 Å². The lowest BCUT2D eigenvalue weighted by molar-refractivity contribution is -0.439. The number of hydrogen-bond donors (Lipinski definition) is 0. The zero-order valence-electron chi connectivity index (χ0n) is 10.0.